The molecule has 2 rings (SSSR count). The third kappa shape index (κ3) is 2.98. The summed E-state index contributed by atoms with van der Waals surface area (Å²) in [5, 5.41) is 13.2. The molecule has 1 N–H and O–H groups in total. The zero-order valence-electron chi connectivity index (χ0n) is 10.5. The summed E-state index contributed by atoms with van der Waals surface area (Å²) < 4.78 is 5.68. The van der Waals surface area contributed by atoms with Gasteiger partial charge in [0, 0.05) is 11.6 Å². The highest BCUT2D eigenvalue weighted by molar-refractivity contribution is 7.13. The van der Waals surface area contributed by atoms with Crippen LogP contribution in [0.4, 0.5) is 0 Å². The highest BCUT2D eigenvalue weighted by Gasteiger charge is 2.08. The highest BCUT2D eigenvalue weighted by atomic mass is 35.5. The predicted molar refractivity (Wildman–Crippen MR) is 73.7 cm³/mol. The molecule has 0 fully saturated rings. The predicted octanol–water partition coefficient (Wildman–Crippen LogP) is 3.32. The van der Waals surface area contributed by atoms with Crippen molar-refractivity contribution < 1.29 is 4.74 Å². The Morgan fingerprint density at radius 3 is 2.56 bits per heavy atom. The summed E-state index contributed by atoms with van der Waals surface area (Å²) in [7, 11) is 1.87. The van der Waals surface area contributed by atoms with Gasteiger partial charge >= 0.3 is 0 Å². The molecular weight excluding hydrogens is 270 g/mol. The molecule has 6 heteroatoms. The molecule has 2 aromatic rings. The average molecular weight is 284 g/mol. The highest BCUT2D eigenvalue weighted by Crippen LogP contribution is 2.30. The van der Waals surface area contributed by atoms with Gasteiger partial charge in [0.15, 0.2) is 0 Å². The first kappa shape index (κ1) is 13.3. The number of nitrogens with one attached hydrogen (secondary N) is 1. The Kier molecular flexibility index (Phi) is 4.16. The van der Waals surface area contributed by atoms with Gasteiger partial charge < -0.3 is 10.1 Å². The van der Waals surface area contributed by atoms with Crippen LogP contribution in [-0.2, 0) is 6.54 Å². The number of hydrogen-bond donors (Lipinski definition) is 1. The van der Waals surface area contributed by atoms with Crippen LogP contribution in [0.1, 0.15) is 16.1 Å². The number of aryl methyl sites for hydroxylation is 2. The van der Waals surface area contributed by atoms with Crippen LogP contribution in [0.15, 0.2) is 12.1 Å². The molecule has 4 nitrogen and oxygen atoms in total. The SMILES string of the molecule is CNCc1nnc(Oc2cc(C)c(Cl)c(C)c2)s1. The van der Waals surface area contributed by atoms with Crippen molar-refractivity contribution in [2.45, 2.75) is 20.4 Å². The molecule has 1 heterocycles. The van der Waals surface area contributed by atoms with Crippen molar-refractivity contribution in [2.75, 3.05) is 7.05 Å². The molecule has 96 valence electrons. The lowest BCUT2D eigenvalue weighted by atomic mass is 10.1. The fourth-order valence-corrected chi connectivity index (χ4v) is 2.40. The van der Waals surface area contributed by atoms with Crippen molar-refractivity contribution in [1.82, 2.24) is 15.5 Å². The van der Waals surface area contributed by atoms with E-state index < -0.39 is 0 Å². The van der Waals surface area contributed by atoms with E-state index in [-0.39, 0.29) is 0 Å². The van der Waals surface area contributed by atoms with Gasteiger partial charge in [-0.25, -0.2) is 0 Å². The quantitative estimate of drug-likeness (QED) is 0.935. The van der Waals surface area contributed by atoms with Crippen molar-refractivity contribution in [3.05, 3.63) is 33.3 Å². The topological polar surface area (TPSA) is 47.0 Å². The lowest BCUT2D eigenvalue weighted by molar-refractivity contribution is 0.472. The van der Waals surface area contributed by atoms with Gasteiger partial charge in [-0.2, -0.15) is 0 Å². The Morgan fingerprint density at radius 1 is 1.28 bits per heavy atom. The normalized spacial score (nSPS) is 10.7. The second-order valence-electron chi connectivity index (χ2n) is 3.97. The number of ether oxygens (including phenoxy) is 1. The largest absolute Gasteiger partial charge is 0.430 e. The molecule has 1 aromatic carbocycles. The zero-order chi connectivity index (χ0) is 13.1. The maximum Gasteiger partial charge on any atom is 0.299 e. The van der Waals surface area contributed by atoms with Crippen LogP contribution in [0.25, 0.3) is 0 Å². The molecule has 0 bridgehead atoms. The summed E-state index contributed by atoms with van der Waals surface area (Å²) in [4.78, 5) is 0. The summed E-state index contributed by atoms with van der Waals surface area (Å²) in [5.74, 6) is 0.738. The van der Waals surface area contributed by atoms with E-state index in [2.05, 4.69) is 15.5 Å². The van der Waals surface area contributed by atoms with Crippen LogP contribution in [0, 0.1) is 13.8 Å². The standard InChI is InChI=1S/C12H14ClN3OS/c1-7-4-9(5-8(2)11(7)13)17-12-16-15-10(18-12)6-14-3/h4-5,14H,6H2,1-3H3. The van der Waals surface area contributed by atoms with E-state index in [1.54, 1.807) is 0 Å². The van der Waals surface area contributed by atoms with Crippen LogP contribution in [0.3, 0.4) is 0 Å². The summed E-state index contributed by atoms with van der Waals surface area (Å²) in [6, 6.07) is 3.79. The first-order valence-corrected chi connectivity index (χ1v) is 6.71. The molecule has 0 aliphatic carbocycles. The molecule has 0 unspecified atom stereocenters. The van der Waals surface area contributed by atoms with Crippen LogP contribution in [-0.4, -0.2) is 17.2 Å². The maximum atomic E-state index is 6.11. The van der Waals surface area contributed by atoms with E-state index in [0.29, 0.717) is 11.7 Å². The Bertz CT molecular complexity index is 533. The van der Waals surface area contributed by atoms with E-state index >= 15 is 0 Å². The number of hydrogen-bond acceptors (Lipinski definition) is 5. The molecule has 0 spiro atoms. The van der Waals surface area contributed by atoms with E-state index in [1.807, 2.05) is 33.0 Å². The number of halogens is 1. The minimum absolute atomic E-state index is 0.543. The van der Waals surface area contributed by atoms with Crippen molar-refractivity contribution in [3.8, 4) is 10.9 Å². The molecule has 18 heavy (non-hydrogen) atoms. The maximum absolute atomic E-state index is 6.11. The fraction of sp³-hybridized carbons (Fsp3) is 0.333. The molecule has 0 aliphatic heterocycles. The minimum atomic E-state index is 0.543. The van der Waals surface area contributed by atoms with Crippen molar-refractivity contribution >= 4 is 22.9 Å². The second kappa shape index (κ2) is 5.65. The molecular formula is C12H14ClN3OS. The monoisotopic (exact) mass is 283 g/mol. The number of nitrogens with zero attached hydrogens (tertiary/aromatic N) is 2. The first-order chi connectivity index (χ1) is 8.60. The van der Waals surface area contributed by atoms with E-state index in [1.165, 1.54) is 11.3 Å². The zero-order valence-corrected chi connectivity index (χ0v) is 12.0. The second-order valence-corrected chi connectivity index (χ2v) is 5.37. The van der Waals surface area contributed by atoms with Crippen LogP contribution in [0.2, 0.25) is 5.02 Å². The first-order valence-electron chi connectivity index (χ1n) is 5.51. The molecule has 0 aliphatic rings. The van der Waals surface area contributed by atoms with Gasteiger partial charge in [-0.3, -0.25) is 0 Å². The van der Waals surface area contributed by atoms with Crippen LogP contribution >= 0.6 is 22.9 Å². The van der Waals surface area contributed by atoms with Gasteiger partial charge in [-0.05, 0) is 44.2 Å². The molecule has 0 saturated carbocycles. The lowest BCUT2D eigenvalue weighted by Crippen LogP contribution is -2.04. The number of rotatable bonds is 4. The van der Waals surface area contributed by atoms with Gasteiger partial charge in [0.05, 0.1) is 0 Å². The summed E-state index contributed by atoms with van der Waals surface area (Å²) in [6.45, 7) is 4.60. The smallest absolute Gasteiger partial charge is 0.299 e. The summed E-state index contributed by atoms with van der Waals surface area (Å²) >= 11 is 7.54. The lowest BCUT2D eigenvalue weighted by Gasteiger charge is -2.06. The third-order valence-electron chi connectivity index (χ3n) is 2.39. The Hall–Kier alpha value is -1.17. The Morgan fingerprint density at radius 2 is 1.94 bits per heavy atom. The molecule has 0 saturated heterocycles. The van der Waals surface area contributed by atoms with Gasteiger partial charge in [0.1, 0.15) is 10.8 Å². The van der Waals surface area contributed by atoms with Gasteiger partial charge in [-0.1, -0.05) is 28.0 Å². The molecule has 0 atom stereocenters. The summed E-state index contributed by atoms with van der Waals surface area (Å²) in [5.41, 5.74) is 1.98. The van der Waals surface area contributed by atoms with Crippen LogP contribution < -0.4 is 10.1 Å². The van der Waals surface area contributed by atoms with Crippen LogP contribution in [0.5, 0.6) is 10.9 Å². The average Bonchev–Trinajstić information content (AvgIpc) is 2.74. The molecule has 0 amide bonds. The fourth-order valence-electron chi connectivity index (χ4n) is 1.57. The van der Waals surface area contributed by atoms with Gasteiger partial charge in [-0.15, -0.1) is 5.10 Å². The third-order valence-corrected chi connectivity index (χ3v) is 3.79. The van der Waals surface area contributed by atoms with E-state index in [4.69, 9.17) is 16.3 Å². The number of benzene rings is 1. The minimum Gasteiger partial charge on any atom is -0.430 e. The van der Waals surface area contributed by atoms with E-state index in [9.17, 15) is 0 Å². The summed E-state index contributed by atoms with van der Waals surface area (Å²) in [6.07, 6.45) is 0. The number of aromatic nitrogens is 2. The van der Waals surface area contributed by atoms with Crippen molar-refractivity contribution in [1.29, 1.82) is 0 Å². The Labute approximate surface area is 115 Å². The van der Waals surface area contributed by atoms with E-state index in [0.717, 1.165) is 26.9 Å². The van der Waals surface area contributed by atoms with Crippen molar-refractivity contribution in [3.63, 3.8) is 0 Å². The molecule has 0 radical (unpaired) electrons. The van der Waals surface area contributed by atoms with Crippen molar-refractivity contribution in [2.24, 2.45) is 0 Å². The molecule has 1 aromatic heterocycles. The van der Waals surface area contributed by atoms with Gasteiger partial charge in [0.25, 0.3) is 5.19 Å². The Balaban J connectivity index is 2.17. The van der Waals surface area contributed by atoms with Gasteiger partial charge in [0.2, 0.25) is 0 Å².